The Balaban J connectivity index is 0.00000261. The highest BCUT2D eigenvalue weighted by Gasteiger charge is 2.30. The second-order valence-corrected chi connectivity index (χ2v) is 6.28. The number of rotatable bonds is 5. The smallest absolute Gasteiger partial charge is 0.275 e. The van der Waals surface area contributed by atoms with Gasteiger partial charge in [-0.25, -0.2) is 0 Å². The first kappa shape index (κ1) is 20.7. The Kier molecular flexibility index (Phi) is 6.81. The Bertz CT molecular complexity index is 759. The van der Waals surface area contributed by atoms with Crippen LogP contribution in [-0.4, -0.2) is 67.5 Å². The predicted molar refractivity (Wildman–Crippen MR) is 103 cm³/mol. The third kappa shape index (κ3) is 4.58. The Labute approximate surface area is 164 Å². The molecule has 0 saturated carbocycles. The van der Waals surface area contributed by atoms with E-state index in [9.17, 15) is 14.4 Å². The standard InChI is InChI=1S/C18H22N4O4.ClH/c1-13-11-17(24)22(18(13)25)19-16(23)12-20-7-9-21(10-8-20)14-5-3-4-6-15(14)26-2;/h3-6,11H,7-10,12H2,1-2H3,(H,19,23);1H. The maximum atomic E-state index is 12.2. The molecule has 146 valence electrons. The van der Waals surface area contributed by atoms with Crippen LogP contribution in [0.3, 0.4) is 0 Å². The van der Waals surface area contributed by atoms with Crippen molar-refractivity contribution in [2.45, 2.75) is 6.92 Å². The number of benzene rings is 1. The van der Waals surface area contributed by atoms with Crippen LogP contribution < -0.4 is 15.1 Å². The highest BCUT2D eigenvalue weighted by Crippen LogP contribution is 2.28. The van der Waals surface area contributed by atoms with Gasteiger partial charge < -0.3 is 9.64 Å². The minimum Gasteiger partial charge on any atom is -0.495 e. The molecule has 1 N–H and O–H groups in total. The molecule has 2 aliphatic rings. The van der Waals surface area contributed by atoms with Crippen molar-refractivity contribution in [2.24, 2.45) is 0 Å². The lowest BCUT2D eigenvalue weighted by atomic mass is 10.2. The number of nitrogens with one attached hydrogen (secondary N) is 1. The number of anilines is 1. The zero-order valence-corrected chi connectivity index (χ0v) is 16.1. The Morgan fingerprint density at radius 3 is 2.41 bits per heavy atom. The fraction of sp³-hybridized carbons (Fsp3) is 0.389. The molecule has 1 fully saturated rings. The van der Waals surface area contributed by atoms with E-state index in [0.717, 1.165) is 29.5 Å². The normalized spacial score (nSPS) is 17.5. The van der Waals surface area contributed by atoms with Gasteiger partial charge in [-0.15, -0.1) is 12.4 Å². The zero-order chi connectivity index (χ0) is 18.7. The first-order chi connectivity index (χ1) is 12.5. The maximum absolute atomic E-state index is 12.2. The van der Waals surface area contributed by atoms with Gasteiger partial charge >= 0.3 is 0 Å². The van der Waals surface area contributed by atoms with Crippen LogP contribution in [0.5, 0.6) is 5.75 Å². The molecular formula is C18H23ClN4O4. The van der Waals surface area contributed by atoms with E-state index in [1.54, 1.807) is 14.0 Å². The van der Waals surface area contributed by atoms with E-state index in [0.29, 0.717) is 18.7 Å². The number of nitrogens with zero attached hydrogens (tertiary/aromatic N) is 3. The fourth-order valence-electron chi connectivity index (χ4n) is 3.09. The van der Waals surface area contributed by atoms with Crippen molar-refractivity contribution in [1.29, 1.82) is 0 Å². The lowest BCUT2D eigenvalue weighted by Gasteiger charge is -2.36. The monoisotopic (exact) mass is 394 g/mol. The molecule has 0 radical (unpaired) electrons. The molecule has 0 atom stereocenters. The van der Waals surface area contributed by atoms with Gasteiger partial charge in [0.1, 0.15) is 5.75 Å². The molecule has 3 amide bonds. The van der Waals surface area contributed by atoms with Gasteiger partial charge in [0.25, 0.3) is 17.7 Å². The Morgan fingerprint density at radius 2 is 1.81 bits per heavy atom. The molecule has 8 nitrogen and oxygen atoms in total. The van der Waals surface area contributed by atoms with Gasteiger partial charge in [0.15, 0.2) is 0 Å². The van der Waals surface area contributed by atoms with Crippen molar-refractivity contribution in [3.05, 3.63) is 35.9 Å². The van der Waals surface area contributed by atoms with E-state index < -0.39 is 11.8 Å². The number of hydrogen-bond acceptors (Lipinski definition) is 6. The summed E-state index contributed by atoms with van der Waals surface area (Å²) in [5, 5.41) is 0.767. The van der Waals surface area contributed by atoms with Gasteiger partial charge in [-0.05, 0) is 19.1 Å². The van der Waals surface area contributed by atoms with Crippen molar-refractivity contribution < 1.29 is 19.1 Å². The molecule has 1 aromatic carbocycles. The summed E-state index contributed by atoms with van der Waals surface area (Å²) < 4.78 is 5.40. The summed E-state index contributed by atoms with van der Waals surface area (Å²) >= 11 is 0. The van der Waals surface area contributed by atoms with Crippen LogP contribution in [0.4, 0.5) is 5.69 Å². The van der Waals surface area contributed by atoms with E-state index >= 15 is 0 Å². The minimum atomic E-state index is -0.512. The van der Waals surface area contributed by atoms with Crippen LogP contribution in [0.2, 0.25) is 0 Å². The number of imide groups is 1. The lowest BCUT2D eigenvalue weighted by Crippen LogP contribution is -2.53. The molecule has 0 unspecified atom stereocenters. The average molecular weight is 395 g/mol. The molecule has 1 aromatic rings. The number of piperazine rings is 1. The number of ether oxygens (including phenoxy) is 1. The summed E-state index contributed by atoms with van der Waals surface area (Å²) in [5.74, 6) is -0.542. The van der Waals surface area contributed by atoms with Gasteiger partial charge in [0, 0.05) is 37.8 Å². The number of amides is 3. The zero-order valence-electron chi connectivity index (χ0n) is 15.3. The SMILES string of the molecule is COc1ccccc1N1CCN(CC(=O)NN2C(=O)C=C(C)C2=O)CC1.Cl. The van der Waals surface area contributed by atoms with Crippen molar-refractivity contribution in [1.82, 2.24) is 15.3 Å². The van der Waals surface area contributed by atoms with Crippen LogP contribution in [0, 0.1) is 0 Å². The molecule has 1 saturated heterocycles. The van der Waals surface area contributed by atoms with Crippen molar-refractivity contribution in [2.75, 3.05) is 44.7 Å². The predicted octanol–water partition coefficient (Wildman–Crippen LogP) is 0.585. The molecule has 0 aromatic heterocycles. The first-order valence-corrected chi connectivity index (χ1v) is 8.46. The topological polar surface area (TPSA) is 82.2 Å². The lowest BCUT2D eigenvalue weighted by molar-refractivity contribution is -0.147. The van der Waals surface area contributed by atoms with Crippen LogP contribution in [0.15, 0.2) is 35.9 Å². The first-order valence-electron chi connectivity index (χ1n) is 8.46. The molecular weight excluding hydrogens is 372 g/mol. The number of hydrazine groups is 1. The highest BCUT2D eigenvalue weighted by atomic mass is 35.5. The third-order valence-corrected chi connectivity index (χ3v) is 4.50. The van der Waals surface area contributed by atoms with Crippen LogP contribution in [0.25, 0.3) is 0 Å². The molecule has 0 aliphatic carbocycles. The molecule has 2 aliphatic heterocycles. The fourth-order valence-corrected chi connectivity index (χ4v) is 3.09. The summed E-state index contributed by atoms with van der Waals surface area (Å²) in [6.07, 6.45) is 1.22. The molecule has 0 spiro atoms. The minimum absolute atomic E-state index is 0. The molecule has 3 rings (SSSR count). The number of carbonyl (C=O) groups is 3. The largest absolute Gasteiger partial charge is 0.495 e. The average Bonchev–Trinajstić information content (AvgIpc) is 2.88. The molecule has 2 heterocycles. The number of hydrogen-bond donors (Lipinski definition) is 1. The molecule has 9 heteroatoms. The van der Waals surface area contributed by atoms with E-state index in [2.05, 4.69) is 10.3 Å². The third-order valence-electron chi connectivity index (χ3n) is 4.50. The number of carbonyl (C=O) groups excluding carboxylic acids is 3. The van der Waals surface area contributed by atoms with E-state index in [4.69, 9.17) is 4.74 Å². The summed E-state index contributed by atoms with van der Waals surface area (Å²) in [7, 11) is 1.65. The second-order valence-electron chi connectivity index (χ2n) is 6.28. The van der Waals surface area contributed by atoms with Gasteiger partial charge in [-0.2, -0.15) is 5.01 Å². The number of methoxy groups -OCH3 is 1. The quantitative estimate of drug-likeness (QED) is 0.736. The van der Waals surface area contributed by atoms with Crippen LogP contribution in [0.1, 0.15) is 6.92 Å². The summed E-state index contributed by atoms with van der Waals surface area (Å²) in [5.41, 5.74) is 3.74. The van der Waals surface area contributed by atoms with Gasteiger partial charge in [0.05, 0.1) is 19.3 Å². The summed E-state index contributed by atoms with van der Waals surface area (Å²) in [4.78, 5) is 39.8. The highest BCUT2D eigenvalue weighted by molar-refractivity contribution is 6.16. The summed E-state index contributed by atoms with van der Waals surface area (Å²) in [6.45, 7) is 4.60. The van der Waals surface area contributed by atoms with Gasteiger partial charge in [-0.1, -0.05) is 12.1 Å². The van der Waals surface area contributed by atoms with Crippen LogP contribution >= 0.6 is 12.4 Å². The Hall–Kier alpha value is -2.58. The maximum Gasteiger partial charge on any atom is 0.275 e. The van der Waals surface area contributed by atoms with Crippen molar-refractivity contribution in [3.8, 4) is 5.75 Å². The van der Waals surface area contributed by atoms with Crippen molar-refractivity contribution >= 4 is 35.8 Å². The molecule has 27 heavy (non-hydrogen) atoms. The Morgan fingerprint density at radius 1 is 1.15 bits per heavy atom. The number of halogens is 1. The number of para-hydroxylation sites is 2. The van der Waals surface area contributed by atoms with E-state index in [1.165, 1.54) is 6.08 Å². The molecule has 0 bridgehead atoms. The van der Waals surface area contributed by atoms with Crippen LogP contribution in [-0.2, 0) is 14.4 Å². The van der Waals surface area contributed by atoms with E-state index in [1.807, 2.05) is 29.2 Å². The van der Waals surface area contributed by atoms with Gasteiger partial charge in [0.2, 0.25) is 0 Å². The van der Waals surface area contributed by atoms with E-state index in [-0.39, 0.29) is 24.9 Å². The van der Waals surface area contributed by atoms with Gasteiger partial charge in [-0.3, -0.25) is 24.7 Å². The van der Waals surface area contributed by atoms with Crippen molar-refractivity contribution in [3.63, 3.8) is 0 Å². The summed E-state index contributed by atoms with van der Waals surface area (Å²) in [6, 6.07) is 7.84. The second kappa shape index (κ2) is 8.88.